The van der Waals surface area contributed by atoms with Crippen molar-refractivity contribution in [2.45, 2.75) is 43.9 Å². The van der Waals surface area contributed by atoms with E-state index in [2.05, 4.69) is 20.9 Å². The highest BCUT2D eigenvalue weighted by Gasteiger charge is 2.52. The number of H-pyrrole nitrogens is 1. The summed E-state index contributed by atoms with van der Waals surface area (Å²) in [5.74, 6) is 2.27. The number of anilines is 1. The molecule has 0 spiro atoms. The molecule has 0 unspecified atom stereocenters. The molecule has 2 aromatic heterocycles. The zero-order chi connectivity index (χ0) is 17.0. The number of nitrogens with one attached hydrogen (secondary N) is 2. The molecule has 0 radical (unpaired) electrons. The molecule has 4 bridgehead atoms. The third-order valence-corrected chi connectivity index (χ3v) is 6.98. The van der Waals surface area contributed by atoms with Gasteiger partial charge < -0.3 is 0 Å². The van der Waals surface area contributed by atoms with Crippen LogP contribution in [0.4, 0.5) is 5.13 Å². The van der Waals surface area contributed by atoms with Crippen LogP contribution in [0.25, 0.3) is 0 Å². The van der Waals surface area contributed by atoms with Crippen molar-refractivity contribution in [2.24, 2.45) is 17.8 Å². The number of aromatic nitrogens is 3. The van der Waals surface area contributed by atoms with E-state index >= 15 is 0 Å². The summed E-state index contributed by atoms with van der Waals surface area (Å²) in [5, 5.41) is 11.6. The second-order valence-corrected chi connectivity index (χ2v) is 8.85. The van der Waals surface area contributed by atoms with Crippen molar-refractivity contribution in [2.75, 3.05) is 5.32 Å². The lowest BCUT2D eigenvalue weighted by Crippen LogP contribution is -2.48. The Kier molecular flexibility index (Phi) is 3.35. The van der Waals surface area contributed by atoms with Crippen molar-refractivity contribution in [1.29, 1.82) is 0 Å². The summed E-state index contributed by atoms with van der Waals surface area (Å²) >= 11 is 1.48. The molecular weight excluding hydrogens is 336 g/mol. The van der Waals surface area contributed by atoms with E-state index in [1.807, 2.05) is 0 Å². The molecule has 7 heteroatoms. The summed E-state index contributed by atoms with van der Waals surface area (Å²) in [6.45, 7) is 0. The molecule has 1 amide bonds. The minimum Gasteiger partial charge on any atom is -0.296 e. The van der Waals surface area contributed by atoms with E-state index in [9.17, 15) is 9.59 Å². The molecule has 0 atom stereocenters. The van der Waals surface area contributed by atoms with Gasteiger partial charge in [0, 0.05) is 16.9 Å². The van der Waals surface area contributed by atoms with Gasteiger partial charge in [0.1, 0.15) is 5.69 Å². The predicted octanol–water partition coefficient (Wildman–Crippen LogP) is 2.95. The summed E-state index contributed by atoms with van der Waals surface area (Å²) < 4.78 is 0. The molecule has 4 saturated carbocycles. The van der Waals surface area contributed by atoms with Gasteiger partial charge in [-0.25, -0.2) is 10.1 Å². The number of carbonyl (C=O) groups excluding carboxylic acids is 1. The third kappa shape index (κ3) is 2.61. The van der Waals surface area contributed by atoms with Crippen LogP contribution in [0, 0.1) is 17.8 Å². The molecule has 2 aromatic rings. The van der Waals surface area contributed by atoms with Gasteiger partial charge in [-0.3, -0.25) is 14.9 Å². The first-order chi connectivity index (χ1) is 12.1. The molecule has 6 nitrogen and oxygen atoms in total. The van der Waals surface area contributed by atoms with Crippen LogP contribution in [0.1, 0.15) is 54.7 Å². The molecule has 6 rings (SSSR count). The normalized spacial score (nSPS) is 32.7. The van der Waals surface area contributed by atoms with Crippen molar-refractivity contribution in [3.05, 3.63) is 39.3 Å². The van der Waals surface area contributed by atoms with Gasteiger partial charge in [0.15, 0.2) is 5.13 Å². The largest absolute Gasteiger partial charge is 0.296 e. The quantitative estimate of drug-likeness (QED) is 0.885. The van der Waals surface area contributed by atoms with Crippen LogP contribution in [0.3, 0.4) is 0 Å². The van der Waals surface area contributed by atoms with Gasteiger partial charge in [-0.15, -0.1) is 11.3 Å². The number of hydrogen-bond donors (Lipinski definition) is 2. The summed E-state index contributed by atoms with van der Waals surface area (Å²) in [4.78, 5) is 28.1. The standard InChI is InChI=1S/C18H20N4O2S/c23-15-2-1-13(21-22-15)16(24)20-17-19-14(9-25-17)18-6-10-3-11(7-18)5-12(4-10)8-18/h1-2,9-12H,3-8H2,(H,22,23)(H,19,20,24). The van der Waals surface area contributed by atoms with Crippen molar-refractivity contribution < 1.29 is 4.79 Å². The van der Waals surface area contributed by atoms with Gasteiger partial charge >= 0.3 is 0 Å². The summed E-state index contributed by atoms with van der Waals surface area (Å²) in [6.07, 6.45) is 8.01. The average molecular weight is 356 g/mol. The van der Waals surface area contributed by atoms with Gasteiger partial charge in [-0.1, -0.05) is 0 Å². The molecule has 0 aromatic carbocycles. The highest BCUT2D eigenvalue weighted by atomic mass is 32.1. The maximum absolute atomic E-state index is 12.3. The van der Waals surface area contributed by atoms with Crippen molar-refractivity contribution in [3.8, 4) is 0 Å². The molecule has 130 valence electrons. The number of carbonyl (C=O) groups is 1. The van der Waals surface area contributed by atoms with Crippen LogP contribution >= 0.6 is 11.3 Å². The fraction of sp³-hybridized carbons (Fsp3) is 0.556. The van der Waals surface area contributed by atoms with Crippen LogP contribution in [0.15, 0.2) is 22.3 Å². The van der Waals surface area contributed by atoms with Crippen LogP contribution in [0.2, 0.25) is 0 Å². The van der Waals surface area contributed by atoms with Crippen LogP contribution < -0.4 is 10.9 Å². The highest BCUT2D eigenvalue weighted by Crippen LogP contribution is 2.60. The minimum atomic E-state index is -0.345. The molecule has 4 aliphatic rings. The van der Waals surface area contributed by atoms with Gasteiger partial charge in [-0.2, -0.15) is 5.10 Å². The van der Waals surface area contributed by atoms with E-state index in [4.69, 9.17) is 4.98 Å². The van der Waals surface area contributed by atoms with Gasteiger partial charge in [0.25, 0.3) is 11.5 Å². The van der Waals surface area contributed by atoms with Crippen molar-refractivity contribution in [1.82, 2.24) is 15.2 Å². The number of aromatic amines is 1. The number of amides is 1. The number of rotatable bonds is 3. The van der Waals surface area contributed by atoms with E-state index in [1.165, 1.54) is 67.7 Å². The van der Waals surface area contributed by atoms with E-state index in [0.717, 1.165) is 17.8 Å². The van der Waals surface area contributed by atoms with Crippen LogP contribution in [-0.2, 0) is 5.41 Å². The van der Waals surface area contributed by atoms with E-state index in [0.29, 0.717) is 5.13 Å². The topological polar surface area (TPSA) is 87.7 Å². The maximum atomic E-state index is 12.3. The Balaban J connectivity index is 1.36. The van der Waals surface area contributed by atoms with Crippen molar-refractivity contribution in [3.63, 3.8) is 0 Å². The molecule has 4 fully saturated rings. The maximum Gasteiger partial charge on any atom is 0.277 e. The van der Waals surface area contributed by atoms with Crippen LogP contribution in [0.5, 0.6) is 0 Å². The van der Waals surface area contributed by atoms with Gasteiger partial charge in [-0.05, 0) is 62.3 Å². The lowest BCUT2D eigenvalue weighted by molar-refractivity contribution is -0.00688. The number of thiazole rings is 1. The Morgan fingerprint density at radius 1 is 1.16 bits per heavy atom. The second kappa shape index (κ2) is 5.49. The van der Waals surface area contributed by atoms with Gasteiger partial charge in [0.2, 0.25) is 0 Å². The monoisotopic (exact) mass is 356 g/mol. The molecule has 2 N–H and O–H groups in total. The molecule has 0 aliphatic heterocycles. The zero-order valence-electron chi connectivity index (χ0n) is 13.8. The predicted molar refractivity (Wildman–Crippen MR) is 94.8 cm³/mol. The fourth-order valence-corrected chi connectivity index (χ4v) is 6.46. The average Bonchev–Trinajstić information content (AvgIpc) is 3.03. The Bertz CT molecular complexity index is 831. The minimum absolute atomic E-state index is 0.186. The Morgan fingerprint density at radius 3 is 2.44 bits per heavy atom. The smallest absolute Gasteiger partial charge is 0.277 e. The first kappa shape index (κ1) is 15.3. The fourth-order valence-electron chi connectivity index (χ4n) is 5.63. The van der Waals surface area contributed by atoms with Crippen LogP contribution in [-0.4, -0.2) is 21.1 Å². The molecular formula is C18H20N4O2S. The number of nitrogens with zero attached hydrogens (tertiary/aromatic N) is 2. The number of hydrogen-bond acceptors (Lipinski definition) is 5. The molecule has 2 heterocycles. The Labute approximate surface area is 149 Å². The summed E-state index contributed by atoms with van der Waals surface area (Å²) in [7, 11) is 0. The molecule has 25 heavy (non-hydrogen) atoms. The SMILES string of the molecule is O=C(Nc1nc(C23CC4CC(CC(C4)C2)C3)cs1)c1ccc(=O)[nH]n1. The van der Waals surface area contributed by atoms with E-state index in [1.54, 1.807) is 0 Å². The zero-order valence-corrected chi connectivity index (χ0v) is 14.6. The van der Waals surface area contributed by atoms with E-state index < -0.39 is 0 Å². The summed E-state index contributed by atoms with van der Waals surface area (Å²) in [5.41, 5.74) is 1.27. The second-order valence-electron chi connectivity index (χ2n) is 8.00. The van der Waals surface area contributed by atoms with E-state index in [-0.39, 0.29) is 22.6 Å². The summed E-state index contributed by atoms with van der Waals surface area (Å²) in [6, 6.07) is 2.71. The first-order valence-electron chi connectivity index (χ1n) is 8.93. The lowest BCUT2D eigenvalue weighted by atomic mass is 9.49. The molecule has 4 aliphatic carbocycles. The Hall–Kier alpha value is -2.02. The first-order valence-corrected chi connectivity index (χ1v) is 9.81. The lowest BCUT2D eigenvalue weighted by Gasteiger charge is -2.56. The van der Waals surface area contributed by atoms with Crippen molar-refractivity contribution >= 4 is 22.4 Å². The van der Waals surface area contributed by atoms with Gasteiger partial charge in [0.05, 0.1) is 5.69 Å². The Morgan fingerprint density at radius 2 is 1.84 bits per heavy atom. The third-order valence-electron chi connectivity index (χ3n) is 6.22. The highest BCUT2D eigenvalue weighted by molar-refractivity contribution is 7.14. The molecule has 0 saturated heterocycles.